The van der Waals surface area contributed by atoms with Crippen molar-refractivity contribution in [3.63, 3.8) is 0 Å². The van der Waals surface area contributed by atoms with E-state index in [0.29, 0.717) is 17.5 Å². The third-order valence-corrected chi connectivity index (χ3v) is 3.65. The van der Waals surface area contributed by atoms with E-state index < -0.39 is 29.5 Å². The van der Waals surface area contributed by atoms with Gasteiger partial charge in [0, 0.05) is 12.5 Å². The molecule has 1 heterocycles. The fourth-order valence-corrected chi connectivity index (χ4v) is 2.42. The van der Waals surface area contributed by atoms with E-state index in [1.807, 2.05) is 0 Å². The van der Waals surface area contributed by atoms with Crippen molar-refractivity contribution in [2.45, 2.75) is 19.8 Å². The van der Waals surface area contributed by atoms with Gasteiger partial charge in [0.05, 0.1) is 11.1 Å². The summed E-state index contributed by atoms with van der Waals surface area (Å²) in [5.41, 5.74) is 0.695. The number of aliphatic carboxylic acids is 1. The largest absolute Gasteiger partial charge is 0.475 e. The first-order chi connectivity index (χ1) is 9.97. The highest BCUT2D eigenvalue weighted by molar-refractivity contribution is 6.33. The van der Waals surface area contributed by atoms with Crippen LogP contribution in [0.2, 0.25) is 0 Å². The standard InChI is InChI=1S/C15H15NO5/c1-2-9(12(17)15(20)21)7-8-16-13(18)10-5-3-4-6-11(10)14(16)19/h3-6,9H,2,7-8H2,1H3,(H,20,21). The molecule has 2 amide bonds. The van der Waals surface area contributed by atoms with Gasteiger partial charge in [-0.25, -0.2) is 4.79 Å². The second kappa shape index (κ2) is 5.87. The first-order valence-electron chi connectivity index (χ1n) is 6.69. The summed E-state index contributed by atoms with van der Waals surface area (Å²) < 4.78 is 0. The lowest BCUT2D eigenvalue weighted by Crippen LogP contribution is -2.34. The van der Waals surface area contributed by atoms with E-state index in [4.69, 9.17) is 5.11 Å². The molecule has 0 saturated heterocycles. The van der Waals surface area contributed by atoms with Gasteiger partial charge in [0.25, 0.3) is 11.8 Å². The number of ketones is 1. The van der Waals surface area contributed by atoms with Gasteiger partial charge in [-0.1, -0.05) is 19.1 Å². The summed E-state index contributed by atoms with van der Waals surface area (Å²) in [5.74, 6) is -3.84. The number of fused-ring (bicyclic) bond motifs is 1. The number of Topliss-reactive ketones (excluding diaryl/α,β-unsaturated/α-hetero) is 1. The van der Waals surface area contributed by atoms with Crippen LogP contribution in [0, 0.1) is 5.92 Å². The lowest BCUT2D eigenvalue weighted by Gasteiger charge is -2.17. The van der Waals surface area contributed by atoms with Crippen LogP contribution < -0.4 is 0 Å². The van der Waals surface area contributed by atoms with E-state index >= 15 is 0 Å². The topological polar surface area (TPSA) is 91.8 Å². The minimum absolute atomic E-state index is 0.0455. The van der Waals surface area contributed by atoms with Crippen LogP contribution in [0.3, 0.4) is 0 Å². The number of nitrogens with zero attached hydrogens (tertiary/aromatic N) is 1. The number of carbonyl (C=O) groups excluding carboxylic acids is 3. The number of benzene rings is 1. The molecule has 0 aliphatic carbocycles. The number of hydrogen-bond acceptors (Lipinski definition) is 4. The molecule has 0 bridgehead atoms. The van der Waals surface area contributed by atoms with Crippen molar-refractivity contribution in [1.29, 1.82) is 0 Å². The summed E-state index contributed by atoms with van der Waals surface area (Å²) in [4.78, 5) is 47.5. The molecule has 1 aromatic carbocycles. The Morgan fingerprint density at radius 3 is 2.10 bits per heavy atom. The van der Waals surface area contributed by atoms with Crippen molar-refractivity contribution in [1.82, 2.24) is 4.90 Å². The smallest absolute Gasteiger partial charge is 0.372 e. The minimum atomic E-state index is -1.48. The minimum Gasteiger partial charge on any atom is -0.475 e. The van der Waals surface area contributed by atoms with Gasteiger partial charge in [-0.3, -0.25) is 19.3 Å². The van der Waals surface area contributed by atoms with Crippen molar-refractivity contribution in [2.24, 2.45) is 5.92 Å². The van der Waals surface area contributed by atoms with E-state index in [1.54, 1.807) is 31.2 Å². The molecule has 1 atom stereocenters. The van der Waals surface area contributed by atoms with E-state index in [0.717, 1.165) is 4.90 Å². The first kappa shape index (κ1) is 14.9. The Morgan fingerprint density at radius 2 is 1.67 bits per heavy atom. The second-order valence-corrected chi connectivity index (χ2v) is 4.87. The van der Waals surface area contributed by atoms with Gasteiger partial charge in [0.2, 0.25) is 5.78 Å². The number of carboxylic acid groups (broad SMARTS) is 1. The molecule has 0 aromatic heterocycles. The van der Waals surface area contributed by atoms with Gasteiger partial charge in [0.15, 0.2) is 0 Å². The third kappa shape index (κ3) is 2.69. The van der Waals surface area contributed by atoms with Crippen LogP contribution in [0.25, 0.3) is 0 Å². The maximum atomic E-state index is 12.1. The first-order valence-corrected chi connectivity index (χ1v) is 6.69. The molecule has 0 spiro atoms. The lowest BCUT2D eigenvalue weighted by atomic mass is 9.97. The molecule has 2 rings (SSSR count). The molecular formula is C15H15NO5. The van der Waals surface area contributed by atoms with Crippen molar-refractivity contribution < 1.29 is 24.3 Å². The predicted octanol–water partition coefficient (Wildman–Crippen LogP) is 1.35. The second-order valence-electron chi connectivity index (χ2n) is 4.87. The molecule has 1 aromatic rings. The van der Waals surface area contributed by atoms with Crippen molar-refractivity contribution >= 4 is 23.6 Å². The van der Waals surface area contributed by atoms with Gasteiger partial charge in [-0.05, 0) is 25.0 Å². The van der Waals surface area contributed by atoms with Gasteiger partial charge in [-0.2, -0.15) is 0 Å². The molecular weight excluding hydrogens is 274 g/mol. The number of hydrogen-bond donors (Lipinski definition) is 1. The van der Waals surface area contributed by atoms with Gasteiger partial charge < -0.3 is 5.11 Å². The fraction of sp³-hybridized carbons (Fsp3) is 0.333. The zero-order chi connectivity index (χ0) is 15.6. The molecule has 0 radical (unpaired) electrons. The van der Waals surface area contributed by atoms with E-state index in [9.17, 15) is 19.2 Å². The average molecular weight is 289 g/mol. The van der Waals surface area contributed by atoms with Crippen molar-refractivity contribution in [3.05, 3.63) is 35.4 Å². The summed E-state index contributed by atoms with van der Waals surface area (Å²) in [6, 6.07) is 6.51. The fourth-order valence-electron chi connectivity index (χ4n) is 2.42. The predicted molar refractivity (Wildman–Crippen MR) is 72.8 cm³/mol. The number of amides is 2. The Morgan fingerprint density at radius 1 is 1.14 bits per heavy atom. The normalized spacial score (nSPS) is 15.0. The maximum Gasteiger partial charge on any atom is 0.372 e. The van der Waals surface area contributed by atoms with Gasteiger partial charge in [-0.15, -0.1) is 0 Å². The lowest BCUT2D eigenvalue weighted by molar-refractivity contribution is -0.151. The molecule has 1 aliphatic rings. The molecule has 6 nitrogen and oxygen atoms in total. The number of rotatable bonds is 6. The Hall–Kier alpha value is -2.50. The van der Waals surface area contributed by atoms with E-state index in [-0.39, 0.29) is 13.0 Å². The summed E-state index contributed by atoms with van der Waals surface area (Å²) in [5, 5.41) is 8.72. The Balaban J connectivity index is 2.08. The molecule has 1 aliphatic heterocycles. The van der Waals surface area contributed by atoms with Gasteiger partial charge >= 0.3 is 5.97 Å². The molecule has 0 fully saturated rings. The van der Waals surface area contributed by atoms with Crippen molar-refractivity contribution in [2.75, 3.05) is 6.54 Å². The zero-order valence-electron chi connectivity index (χ0n) is 11.5. The van der Waals surface area contributed by atoms with Crippen LogP contribution in [0.15, 0.2) is 24.3 Å². The highest BCUT2D eigenvalue weighted by Gasteiger charge is 2.35. The van der Waals surface area contributed by atoms with Crippen LogP contribution in [-0.2, 0) is 9.59 Å². The number of imide groups is 1. The SMILES string of the molecule is CCC(CCN1C(=O)c2ccccc2C1=O)C(=O)C(=O)O. The summed E-state index contributed by atoms with van der Waals surface area (Å²) in [6.45, 7) is 1.75. The van der Waals surface area contributed by atoms with Crippen LogP contribution in [0.1, 0.15) is 40.5 Å². The average Bonchev–Trinajstić information content (AvgIpc) is 2.72. The van der Waals surface area contributed by atoms with Crippen LogP contribution in [0.4, 0.5) is 0 Å². The van der Waals surface area contributed by atoms with Crippen LogP contribution in [-0.4, -0.2) is 40.1 Å². The van der Waals surface area contributed by atoms with E-state index in [1.165, 1.54) is 0 Å². The molecule has 0 saturated carbocycles. The highest BCUT2D eigenvalue weighted by Crippen LogP contribution is 2.23. The summed E-state index contributed by atoms with van der Waals surface area (Å²) in [6.07, 6.45) is 0.515. The molecule has 1 unspecified atom stereocenters. The van der Waals surface area contributed by atoms with Crippen LogP contribution in [0.5, 0.6) is 0 Å². The number of carboxylic acids is 1. The van der Waals surface area contributed by atoms with Crippen molar-refractivity contribution in [3.8, 4) is 0 Å². The Labute approximate surface area is 121 Å². The molecule has 1 N–H and O–H groups in total. The summed E-state index contributed by atoms with van der Waals surface area (Å²) in [7, 11) is 0. The quantitative estimate of drug-likeness (QED) is 0.630. The highest BCUT2D eigenvalue weighted by atomic mass is 16.4. The molecule has 110 valence electrons. The summed E-state index contributed by atoms with van der Waals surface area (Å²) >= 11 is 0. The number of carbonyl (C=O) groups is 4. The zero-order valence-corrected chi connectivity index (χ0v) is 11.5. The maximum absolute atomic E-state index is 12.1. The molecule has 6 heteroatoms. The Kier molecular flexibility index (Phi) is 4.16. The Bertz CT molecular complexity index is 587. The third-order valence-electron chi connectivity index (χ3n) is 3.65. The van der Waals surface area contributed by atoms with Crippen LogP contribution >= 0.6 is 0 Å². The van der Waals surface area contributed by atoms with E-state index in [2.05, 4.69) is 0 Å². The molecule has 21 heavy (non-hydrogen) atoms. The van der Waals surface area contributed by atoms with Gasteiger partial charge in [0.1, 0.15) is 0 Å². The monoisotopic (exact) mass is 289 g/mol.